The predicted molar refractivity (Wildman–Crippen MR) is 59.5 cm³/mol. The van der Waals surface area contributed by atoms with E-state index in [1.54, 1.807) is 14.0 Å². The largest absolute Gasteiger partial charge is 0.497 e. The highest BCUT2D eigenvalue weighted by atomic mass is 16.5. The van der Waals surface area contributed by atoms with Crippen molar-refractivity contribution >= 4 is 16.7 Å². The van der Waals surface area contributed by atoms with Crippen molar-refractivity contribution < 1.29 is 9.53 Å². The standard InChI is InChI=1S/C12H13NO2/c1-8(14)11-6-9-4-5-10(15-3)7-12(9)13(11)2/h4-7H,1-3H3. The molecule has 2 aromatic rings. The fraction of sp³-hybridized carbons (Fsp3) is 0.250. The Kier molecular flexibility index (Phi) is 2.23. The number of benzene rings is 1. The van der Waals surface area contributed by atoms with Crippen molar-refractivity contribution in [1.82, 2.24) is 4.57 Å². The molecule has 1 heterocycles. The quantitative estimate of drug-likeness (QED) is 0.702. The molecule has 0 saturated heterocycles. The summed E-state index contributed by atoms with van der Waals surface area (Å²) in [4.78, 5) is 11.3. The maximum Gasteiger partial charge on any atom is 0.176 e. The van der Waals surface area contributed by atoms with Crippen LogP contribution < -0.4 is 4.74 Å². The molecule has 0 unspecified atom stereocenters. The van der Waals surface area contributed by atoms with Gasteiger partial charge in [0.1, 0.15) is 5.75 Å². The molecule has 2 rings (SSSR count). The minimum absolute atomic E-state index is 0.0765. The lowest BCUT2D eigenvalue weighted by Crippen LogP contribution is -2.00. The van der Waals surface area contributed by atoms with Gasteiger partial charge in [0.25, 0.3) is 0 Å². The van der Waals surface area contributed by atoms with Crippen molar-refractivity contribution in [2.45, 2.75) is 6.92 Å². The topological polar surface area (TPSA) is 31.2 Å². The number of carbonyl (C=O) groups excluding carboxylic acids is 1. The van der Waals surface area contributed by atoms with Gasteiger partial charge >= 0.3 is 0 Å². The molecule has 0 aliphatic heterocycles. The van der Waals surface area contributed by atoms with E-state index in [1.807, 2.05) is 35.9 Å². The highest BCUT2D eigenvalue weighted by molar-refractivity contribution is 5.98. The van der Waals surface area contributed by atoms with Crippen LogP contribution in [-0.2, 0) is 7.05 Å². The molecule has 0 radical (unpaired) electrons. The van der Waals surface area contributed by atoms with Crippen LogP contribution in [0.1, 0.15) is 17.4 Å². The number of carbonyl (C=O) groups is 1. The molecular formula is C12H13NO2. The number of rotatable bonds is 2. The van der Waals surface area contributed by atoms with Gasteiger partial charge in [0, 0.05) is 25.4 Å². The first-order valence-corrected chi connectivity index (χ1v) is 4.78. The lowest BCUT2D eigenvalue weighted by atomic mass is 10.2. The van der Waals surface area contributed by atoms with E-state index >= 15 is 0 Å². The molecular weight excluding hydrogens is 190 g/mol. The number of methoxy groups -OCH3 is 1. The maximum atomic E-state index is 11.3. The van der Waals surface area contributed by atoms with Gasteiger partial charge in [-0.1, -0.05) is 0 Å². The maximum absolute atomic E-state index is 11.3. The Morgan fingerprint density at radius 3 is 2.67 bits per heavy atom. The van der Waals surface area contributed by atoms with Crippen molar-refractivity contribution in [2.24, 2.45) is 7.05 Å². The van der Waals surface area contributed by atoms with Gasteiger partial charge in [-0.3, -0.25) is 4.79 Å². The monoisotopic (exact) mass is 203 g/mol. The summed E-state index contributed by atoms with van der Waals surface area (Å²) >= 11 is 0. The fourth-order valence-electron chi connectivity index (χ4n) is 1.77. The van der Waals surface area contributed by atoms with E-state index in [-0.39, 0.29) is 5.78 Å². The van der Waals surface area contributed by atoms with Crippen LogP contribution in [0.4, 0.5) is 0 Å². The number of hydrogen-bond donors (Lipinski definition) is 0. The molecule has 0 aliphatic carbocycles. The second-order valence-electron chi connectivity index (χ2n) is 3.57. The van der Waals surface area contributed by atoms with Crippen LogP contribution in [0, 0.1) is 0 Å². The number of Topliss-reactive ketones (excluding diaryl/α,β-unsaturated/α-hetero) is 1. The zero-order valence-corrected chi connectivity index (χ0v) is 9.07. The van der Waals surface area contributed by atoms with Crippen molar-refractivity contribution in [3.05, 3.63) is 30.0 Å². The van der Waals surface area contributed by atoms with E-state index in [0.29, 0.717) is 0 Å². The zero-order chi connectivity index (χ0) is 11.0. The highest BCUT2D eigenvalue weighted by Crippen LogP contribution is 2.23. The number of aryl methyl sites for hydroxylation is 1. The minimum Gasteiger partial charge on any atom is -0.497 e. The van der Waals surface area contributed by atoms with Crippen LogP contribution in [0.15, 0.2) is 24.3 Å². The lowest BCUT2D eigenvalue weighted by Gasteiger charge is -2.02. The number of nitrogens with zero attached hydrogens (tertiary/aromatic N) is 1. The molecule has 0 N–H and O–H groups in total. The number of ketones is 1. The Morgan fingerprint density at radius 1 is 1.33 bits per heavy atom. The van der Waals surface area contributed by atoms with Gasteiger partial charge in [-0.15, -0.1) is 0 Å². The van der Waals surface area contributed by atoms with Crippen LogP contribution in [0.5, 0.6) is 5.75 Å². The van der Waals surface area contributed by atoms with Crippen molar-refractivity contribution in [3.8, 4) is 5.75 Å². The van der Waals surface area contributed by atoms with E-state index < -0.39 is 0 Å². The van der Waals surface area contributed by atoms with Crippen LogP contribution in [-0.4, -0.2) is 17.5 Å². The summed E-state index contributed by atoms with van der Waals surface area (Å²) in [5, 5.41) is 1.06. The Hall–Kier alpha value is -1.77. The van der Waals surface area contributed by atoms with E-state index in [4.69, 9.17) is 4.74 Å². The van der Waals surface area contributed by atoms with Crippen LogP contribution >= 0.6 is 0 Å². The van der Waals surface area contributed by atoms with Gasteiger partial charge in [0.05, 0.1) is 18.3 Å². The SMILES string of the molecule is COc1ccc2cc(C(C)=O)n(C)c2c1. The Bertz CT molecular complexity index is 526. The Morgan fingerprint density at radius 2 is 2.07 bits per heavy atom. The third kappa shape index (κ3) is 1.50. The van der Waals surface area contributed by atoms with Gasteiger partial charge in [0.15, 0.2) is 5.78 Å². The van der Waals surface area contributed by atoms with E-state index in [0.717, 1.165) is 22.3 Å². The Balaban J connectivity index is 2.72. The summed E-state index contributed by atoms with van der Waals surface area (Å²) in [5.41, 5.74) is 1.73. The number of fused-ring (bicyclic) bond motifs is 1. The van der Waals surface area contributed by atoms with Gasteiger partial charge < -0.3 is 9.30 Å². The third-order valence-corrected chi connectivity index (χ3v) is 2.61. The van der Waals surface area contributed by atoms with Crippen molar-refractivity contribution in [3.63, 3.8) is 0 Å². The molecule has 0 amide bonds. The minimum atomic E-state index is 0.0765. The van der Waals surface area contributed by atoms with Gasteiger partial charge in [-0.25, -0.2) is 0 Å². The molecule has 0 atom stereocenters. The van der Waals surface area contributed by atoms with E-state index in [9.17, 15) is 4.79 Å². The highest BCUT2D eigenvalue weighted by Gasteiger charge is 2.09. The summed E-state index contributed by atoms with van der Waals surface area (Å²) in [6, 6.07) is 7.69. The number of ether oxygens (including phenoxy) is 1. The first-order chi connectivity index (χ1) is 7.13. The smallest absolute Gasteiger partial charge is 0.176 e. The number of aromatic nitrogens is 1. The molecule has 0 aliphatic rings. The van der Waals surface area contributed by atoms with E-state index in [2.05, 4.69) is 0 Å². The predicted octanol–water partition coefficient (Wildman–Crippen LogP) is 2.39. The molecule has 15 heavy (non-hydrogen) atoms. The van der Waals surface area contributed by atoms with Gasteiger partial charge in [-0.2, -0.15) is 0 Å². The van der Waals surface area contributed by atoms with Gasteiger partial charge in [0.2, 0.25) is 0 Å². The second-order valence-corrected chi connectivity index (χ2v) is 3.57. The first kappa shape index (κ1) is 9.77. The zero-order valence-electron chi connectivity index (χ0n) is 9.07. The van der Waals surface area contributed by atoms with Crippen LogP contribution in [0.2, 0.25) is 0 Å². The number of hydrogen-bond acceptors (Lipinski definition) is 2. The first-order valence-electron chi connectivity index (χ1n) is 4.78. The Labute approximate surface area is 88.3 Å². The average molecular weight is 203 g/mol. The molecule has 0 saturated carbocycles. The van der Waals surface area contributed by atoms with Crippen LogP contribution in [0.25, 0.3) is 10.9 Å². The molecule has 78 valence electrons. The molecule has 0 spiro atoms. The van der Waals surface area contributed by atoms with E-state index in [1.165, 1.54) is 0 Å². The second kappa shape index (κ2) is 3.42. The van der Waals surface area contributed by atoms with Crippen molar-refractivity contribution in [1.29, 1.82) is 0 Å². The molecule has 0 fully saturated rings. The molecule has 3 heteroatoms. The average Bonchev–Trinajstić information content (AvgIpc) is 2.56. The summed E-state index contributed by atoms with van der Waals surface area (Å²) in [6.07, 6.45) is 0. The van der Waals surface area contributed by atoms with Crippen molar-refractivity contribution in [2.75, 3.05) is 7.11 Å². The third-order valence-electron chi connectivity index (χ3n) is 2.61. The summed E-state index contributed by atoms with van der Waals surface area (Å²) in [5.74, 6) is 0.881. The molecule has 1 aromatic heterocycles. The van der Waals surface area contributed by atoms with Crippen LogP contribution in [0.3, 0.4) is 0 Å². The summed E-state index contributed by atoms with van der Waals surface area (Å²) < 4.78 is 7.04. The van der Waals surface area contributed by atoms with Gasteiger partial charge in [-0.05, 0) is 18.2 Å². The summed E-state index contributed by atoms with van der Waals surface area (Å²) in [6.45, 7) is 1.57. The summed E-state index contributed by atoms with van der Waals surface area (Å²) in [7, 11) is 3.52. The molecule has 3 nitrogen and oxygen atoms in total. The fourth-order valence-corrected chi connectivity index (χ4v) is 1.77. The lowest BCUT2D eigenvalue weighted by molar-refractivity contribution is 0.101. The normalized spacial score (nSPS) is 10.6. The molecule has 0 bridgehead atoms. The molecule has 1 aromatic carbocycles.